The Labute approximate surface area is 219 Å². The molecule has 0 aromatic heterocycles. The van der Waals surface area contributed by atoms with Gasteiger partial charge in [-0.05, 0) is 73.7 Å². The van der Waals surface area contributed by atoms with E-state index < -0.39 is 17.6 Å². The highest BCUT2D eigenvalue weighted by Gasteiger charge is 2.26. The summed E-state index contributed by atoms with van der Waals surface area (Å²) in [6.07, 6.45) is 3.47. The van der Waals surface area contributed by atoms with Crippen LogP contribution in [0.4, 0.5) is 5.69 Å². The van der Waals surface area contributed by atoms with Crippen molar-refractivity contribution in [3.63, 3.8) is 0 Å². The number of amides is 2. The van der Waals surface area contributed by atoms with Gasteiger partial charge in [0.15, 0.2) is 0 Å². The molecule has 10 N–H and O–H groups in total. The average Bonchev–Trinajstić information content (AvgIpc) is 2.89. The second-order valence-electron chi connectivity index (χ2n) is 9.74. The lowest BCUT2D eigenvalue weighted by Gasteiger charge is -2.29. The van der Waals surface area contributed by atoms with Gasteiger partial charge < -0.3 is 33.6 Å². The predicted molar refractivity (Wildman–Crippen MR) is 151 cm³/mol. The normalized spacial score (nSPS) is 13.2. The number of nitrogens with two attached hydrogens (primary N) is 4. The van der Waals surface area contributed by atoms with Gasteiger partial charge in [-0.1, -0.05) is 60.7 Å². The molecule has 2 amide bonds. The number of nitrogens with one attached hydrogen (secondary N) is 2. The van der Waals surface area contributed by atoms with Gasteiger partial charge in [0.2, 0.25) is 11.8 Å². The first-order valence-corrected chi connectivity index (χ1v) is 12.9. The Morgan fingerprint density at radius 1 is 0.811 bits per heavy atom. The van der Waals surface area contributed by atoms with Crippen LogP contribution < -0.4 is 33.6 Å². The molecule has 37 heavy (non-hydrogen) atoms. The van der Waals surface area contributed by atoms with Gasteiger partial charge in [0, 0.05) is 17.6 Å². The van der Waals surface area contributed by atoms with Crippen molar-refractivity contribution in [1.82, 2.24) is 5.32 Å². The van der Waals surface area contributed by atoms with Crippen molar-refractivity contribution in [3.05, 3.63) is 78.4 Å². The molecule has 0 saturated carbocycles. The summed E-state index contributed by atoms with van der Waals surface area (Å²) in [5.74, 6) is -0.665. The monoisotopic (exact) mass is 504 g/mol. The van der Waals surface area contributed by atoms with Gasteiger partial charge in [0.05, 0.1) is 6.04 Å². The molecule has 3 rings (SSSR count). The minimum Gasteiger partial charge on any atom is -0.343 e. The summed E-state index contributed by atoms with van der Waals surface area (Å²) >= 11 is 0. The lowest BCUT2D eigenvalue weighted by Crippen LogP contribution is -2.51. The molecule has 0 heterocycles. The van der Waals surface area contributed by atoms with E-state index in [1.165, 1.54) is 0 Å². The highest BCUT2D eigenvalue weighted by Crippen LogP contribution is 2.20. The number of fused-ring (bicyclic) bond motifs is 1. The maximum atomic E-state index is 13.3. The van der Waals surface area contributed by atoms with Gasteiger partial charge in [-0.3, -0.25) is 9.59 Å². The smallest absolute Gasteiger partial charge is 0.247 e. The van der Waals surface area contributed by atoms with Crippen LogP contribution in [0.3, 0.4) is 0 Å². The molecule has 0 saturated heterocycles. The second kappa shape index (κ2) is 13.9. The second-order valence-corrected chi connectivity index (χ2v) is 9.74. The zero-order chi connectivity index (χ0) is 26.7. The molecule has 8 nitrogen and oxygen atoms in total. The minimum atomic E-state index is -0.782. The fourth-order valence-electron chi connectivity index (χ4n) is 4.59. The van der Waals surface area contributed by atoms with Crippen LogP contribution >= 0.6 is 0 Å². The Hall–Kier alpha value is -3.30. The number of carbonyl (C=O) groups excluding carboxylic acids is 2. The zero-order valence-electron chi connectivity index (χ0n) is 21.4. The standard InChI is InChI=1S/C29H40N6O2/c30-17-15-29(33,16-18-31)14-6-11-25(32)27(36)35-26(19-21-7-2-1-3-8-21)28(37)34-24-13-12-22-9-4-5-10-23(22)20-24/h1-5,7-10,12-13,20,25-26H,6,11,14-19,30-33H2,(H,34,37)(H,35,36)/t25-,26-/m0/s1. The largest absolute Gasteiger partial charge is 0.343 e. The number of hydrogen-bond acceptors (Lipinski definition) is 6. The molecule has 0 radical (unpaired) electrons. The molecule has 0 aliphatic carbocycles. The summed E-state index contributed by atoms with van der Waals surface area (Å²) in [5, 5.41) is 7.93. The van der Waals surface area contributed by atoms with Crippen LogP contribution in [0.2, 0.25) is 0 Å². The number of rotatable bonds is 14. The molecule has 198 valence electrons. The van der Waals surface area contributed by atoms with Gasteiger partial charge in [0.1, 0.15) is 6.04 Å². The van der Waals surface area contributed by atoms with Gasteiger partial charge in [-0.2, -0.15) is 0 Å². The van der Waals surface area contributed by atoms with Crippen LogP contribution in [-0.4, -0.2) is 42.5 Å². The maximum absolute atomic E-state index is 13.3. The molecule has 3 aromatic carbocycles. The molecule has 0 fully saturated rings. The van der Waals surface area contributed by atoms with Gasteiger partial charge in [-0.25, -0.2) is 0 Å². The predicted octanol–water partition coefficient (Wildman–Crippen LogP) is 2.40. The first-order chi connectivity index (χ1) is 17.8. The van der Waals surface area contributed by atoms with Crippen LogP contribution in [0.25, 0.3) is 10.8 Å². The van der Waals surface area contributed by atoms with Crippen molar-refractivity contribution in [2.75, 3.05) is 18.4 Å². The third-order valence-corrected chi connectivity index (χ3v) is 6.74. The van der Waals surface area contributed by atoms with Crippen LogP contribution in [0, 0.1) is 0 Å². The quantitative estimate of drug-likeness (QED) is 0.197. The van der Waals surface area contributed by atoms with E-state index in [-0.39, 0.29) is 11.8 Å². The third-order valence-electron chi connectivity index (χ3n) is 6.74. The van der Waals surface area contributed by atoms with Gasteiger partial charge in [-0.15, -0.1) is 0 Å². The SMILES string of the molecule is NCCC(N)(CCN)CCC[C@H](N)C(=O)N[C@@H](Cc1ccccc1)C(=O)Nc1ccc2ccccc2c1. The van der Waals surface area contributed by atoms with Crippen LogP contribution in [0.1, 0.15) is 37.7 Å². The van der Waals surface area contributed by atoms with E-state index in [0.29, 0.717) is 57.3 Å². The van der Waals surface area contributed by atoms with E-state index in [0.717, 1.165) is 16.3 Å². The van der Waals surface area contributed by atoms with E-state index in [2.05, 4.69) is 10.6 Å². The highest BCUT2D eigenvalue weighted by atomic mass is 16.2. The molecule has 8 heteroatoms. The zero-order valence-corrected chi connectivity index (χ0v) is 21.4. The summed E-state index contributed by atoms with van der Waals surface area (Å²) in [7, 11) is 0. The molecule has 3 aromatic rings. The van der Waals surface area contributed by atoms with E-state index >= 15 is 0 Å². The lowest BCUT2D eigenvalue weighted by atomic mass is 9.86. The Morgan fingerprint density at radius 3 is 2.14 bits per heavy atom. The van der Waals surface area contributed by atoms with E-state index in [1.54, 1.807) is 0 Å². The third kappa shape index (κ3) is 8.65. The first kappa shape index (κ1) is 28.3. The van der Waals surface area contributed by atoms with Gasteiger partial charge in [0.25, 0.3) is 0 Å². The van der Waals surface area contributed by atoms with E-state index in [1.807, 2.05) is 72.8 Å². The fourth-order valence-corrected chi connectivity index (χ4v) is 4.59. The van der Waals surface area contributed by atoms with Crippen molar-refractivity contribution >= 4 is 28.3 Å². The Bertz CT molecular complexity index is 1150. The maximum Gasteiger partial charge on any atom is 0.247 e. The summed E-state index contributed by atoms with van der Waals surface area (Å²) in [5.41, 5.74) is 25.2. The number of anilines is 1. The summed E-state index contributed by atoms with van der Waals surface area (Å²) in [6.45, 7) is 0.965. The fraction of sp³-hybridized carbons (Fsp3) is 0.379. The average molecular weight is 505 g/mol. The molecule has 0 aliphatic heterocycles. The Kier molecular flexibility index (Phi) is 10.6. The molecular weight excluding hydrogens is 464 g/mol. The minimum absolute atomic E-state index is 0.299. The highest BCUT2D eigenvalue weighted by molar-refractivity contribution is 5.99. The van der Waals surface area contributed by atoms with Gasteiger partial charge >= 0.3 is 0 Å². The summed E-state index contributed by atoms with van der Waals surface area (Å²) in [6, 6.07) is 21.7. The number of carbonyl (C=O) groups is 2. The topological polar surface area (TPSA) is 162 Å². The Morgan fingerprint density at radius 2 is 1.46 bits per heavy atom. The number of hydrogen-bond donors (Lipinski definition) is 6. The van der Waals surface area contributed by atoms with Crippen LogP contribution in [0.5, 0.6) is 0 Å². The molecule has 0 bridgehead atoms. The van der Waals surface area contributed by atoms with E-state index in [4.69, 9.17) is 22.9 Å². The Balaban J connectivity index is 1.65. The van der Waals surface area contributed by atoms with Crippen molar-refractivity contribution in [3.8, 4) is 0 Å². The molecule has 0 unspecified atom stereocenters. The van der Waals surface area contributed by atoms with E-state index in [9.17, 15) is 9.59 Å². The summed E-state index contributed by atoms with van der Waals surface area (Å²) in [4.78, 5) is 26.3. The van der Waals surface area contributed by atoms with Crippen LogP contribution in [0.15, 0.2) is 72.8 Å². The van der Waals surface area contributed by atoms with Crippen molar-refractivity contribution in [1.29, 1.82) is 0 Å². The van der Waals surface area contributed by atoms with Crippen molar-refractivity contribution in [2.45, 2.75) is 56.1 Å². The first-order valence-electron chi connectivity index (χ1n) is 12.9. The van der Waals surface area contributed by atoms with Crippen molar-refractivity contribution < 1.29 is 9.59 Å². The molecule has 0 aliphatic rings. The van der Waals surface area contributed by atoms with Crippen LogP contribution in [-0.2, 0) is 16.0 Å². The number of benzene rings is 3. The molecule has 0 spiro atoms. The molecular formula is C29H40N6O2. The summed E-state index contributed by atoms with van der Waals surface area (Å²) < 4.78 is 0. The molecule has 2 atom stereocenters. The van der Waals surface area contributed by atoms with Crippen molar-refractivity contribution in [2.24, 2.45) is 22.9 Å². The lowest BCUT2D eigenvalue weighted by molar-refractivity contribution is -0.127.